The maximum atomic E-state index is 9.01. The van der Waals surface area contributed by atoms with Crippen LogP contribution >= 0.6 is 0 Å². The molecule has 2 heteroatoms. The normalized spacial score (nSPS) is 14.5. The highest BCUT2D eigenvalue weighted by Gasteiger charge is 2.16. The zero-order chi connectivity index (χ0) is 9.68. The average molecular weight is 174 g/mol. The standard InChI is InChI=1S/C11H14N2/c1-3-9(2)11(8-12)10-4-6-13-7-5-10/h4-7,9,11H,3H2,1-2H3. The van der Waals surface area contributed by atoms with E-state index in [-0.39, 0.29) is 5.92 Å². The van der Waals surface area contributed by atoms with E-state index < -0.39 is 0 Å². The van der Waals surface area contributed by atoms with E-state index in [0.717, 1.165) is 12.0 Å². The van der Waals surface area contributed by atoms with E-state index in [4.69, 9.17) is 5.26 Å². The van der Waals surface area contributed by atoms with Gasteiger partial charge in [0.05, 0.1) is 12.0 Å². The van der Waals surface area contributed by atoms with Gasteiger partial charge in [-0.2, -0.15) is 5.26 Å². The molecule has 68 valence electrons. The molecule has 0 fully saturated rings. The molecule has 1 rings (SSSR count). The molecule has 2 unspecified atom stereocenters. The molecule has 0 N–H and O–H groups in total. The highest BCUT2D eigenvalue weighted by Crippen LogP contribution is 2.25. The van der Waals surface area contributed by atoms with Crippen molar-refractivity contribution >= 4 is 0 Å². The van der Waals surface area contributed by atoms with Gasteiger partial charge in [0.25, 0.3) is 0 Å². The molecule has 0 spiro atoms. The van der Waals surface area contributed by atoms with Crippen LogP contribution in [-0.2, 0) is 0 Å². The Morgan fingerprint density at radius 1 is 1.46 bits per heavy atom. The summed E-state index contributed by atoms with van der Waals surface area (Å²) in [6.45, 7) is 4.21. The molecule has 0 saturated heterocycles. The van der Waals surface area contributed by atoms with E-state index in [0.29, 0.717) is 5.92 Å². The summed E-state index contributed by atoms with van der Waals surface area (Å²) in [6.07, 6.45) is 4.50. The van der Waals surface area contributed by atoms with Gasteiger partial charge in [0.15, 0.2) is 0 Å². The van der Waals surface area contributed by atoms with Crippen molar-refractivity contribution in [1.29, 1.82) is 5.26 Å². The smallest absolute Gasteiger partial charge is 0.0739 e. The van der Waals surface area contributed by atoms with Crippen molar-refractivity contribution in [2.45, 2.75) is 26.2 Å². The van der Waals surface area contributed by atoms with Crippen LogP contribution in [-0.4, -0.2) is 4.98 Å². The maximum absolute atomic E-state index is 9.01. The van der Waals surface area contributed by atoms with Crippen LogP contribution in [0, 0.1) is 17.2 Å². The fourth-order valence-corrected chi connectivity index (χ4v) is 1.34. The van der Waals surface area contributed by atoms with Crippen LogP contribution < -0.4 is 0 Å². The molecule has 0 aromatic carbocycles. The Kier molecular flexibility index (Phi) is 3.45. The number of hydrogen-bond donors (Lipinski definition) is 0. The zero-order valence-corrected chi connectivity index (χ0v) is 8.07. The summed E-state index contributed by atoms with van der Waals surface area (Å²) in [4.78, 5) is 3.94. The van der Waals surface area contributed by atoms with Crippen molar-refractivity contribution in [1.82, 2.24) is 4.98 Å². The largest absolute Gasteiger partial charge is 0.265 e. The molecule has 0 bridgehead atoms. The van der Waals surface area contributed by atoms with Gasteiger partial charge in [0.2, 0.25) is 0 Å². The minimum absolute atomic E-state index is 0.00741. The third kappa shape index (κ3) is 2.29. The van der Waals surface area contributed by atoms with Crippen molar-refractivity contribution in [3.63, 3.8) is 0 Å². The first-order valence-corrected chi connectivity index (χ1v) is 4.59. The van der Waals surface area contributed by atoms with Crippen molar-refractivity contribution in [3.8, 4) is 6.07 Å². The Labute approximate surface area is 79.2 Å². The van der Waals surface area contributed by atoms with Crippen LogP contribution in [0.25, 0.3) is 0 Å². The molecule has 0 aliphatic heterocycles. The van der Waals surface area contributed by atoms with E-state index in [1.54, 1.807) is 12.4 Å². The van der Waals surface area contributed by atoms with Crippen LogP contribution in [0.1, 0.15) is 31.7 Å². The lowest BCUT2D eigenvalue weighted by molar-refractivity contribution is 0.514. The van der Waals surface area contributed by atoms with Crippen LogP contribution in [0.4, 0.5) is 0 Å². The third-order valence-corrected chi connectivity index (χ3v) is 2.42. The highest BCUT2D eigenvalue weighted by atomic mass is 14.6. The minimum atomic E-state index is 0.00741. The van der Waals surface area contributed by atoms with Gasteiger partial charge in [-0.25, -0.2) is 0 Å². The topological polar surface area (TPSA) is 36.7 Å². The molecule has 0 radical (unpaired) electrons. The van der Waals surface area contributed by atoms with Crippen LogP contribution in [0.3, 0.4) is 0 Å². The lowest BCUT2D eigenvalue weighted by Gasteiger charge is -2.15. The quantitative estimate of drug-likeness (QED) is 0.706. The van der Waals surface area contributed by atoms with Gasteiger partial charge in [-0.1, -0.05) is 20.3 Å². The second-order valence-corrected chi connectivity index (χ2v) is 3.27. The maximum Gasteiger partial charge on any atom is 0.0739 e. The number of rotatable bonds is 3. The van der Waals surface area contributed by atoms with E-state index in [1.807, 2.05) is 12.1 Å². The van der Waals surface area contributed by atoms with E-state index >= 15 is 0 Å². The second kappa shape index (κ2) is 4.61. The van der Waals surface area contributed by atoms with Crippen LogP contribution in [0.15, 0.2) is 24.5 Å². The number of aromatic nitrogens is 1. The van der Waals surface area contributed by atoms with Gasteiger partial charge in [0, 0.05) is 12.4 Å². The van der Waals surface area contributed by atoms with Crippen LogP contribution in [0.5, 0.6) is 0 Å². The van der Waals surface area contributed by atoms with Crippen molar-refractivity contribution in [3.05, 3.63) is 30.1 Å². The molecule has 2 atom stereocenters. The van der Waals surface area contributed by atoms with Gasteiger partial charge >= 0.3 is 0 Å². The molecule has 2 nitrogen and oxygen atoms in total. The van der Waals surface area contributed by atoms with Gasteiger partial charge in [-0.05, 0) is 23.6 Å². The van der Waals surface area contributed by atoms with Crippen molar-refractivity contribution < 1.29 is 0 Å². The lowest BCUT2D eigenvalue weighted by Crippen LogP contribution is -2.06. The third-order valence-electron chi connectivity index (χ3n) is 2.42. The number of nitriles is 1. The molecule has 0 saturated carbocycles. The molecule has 1 heterocycles. The fraction of sp³-hybridized carbons (Fsp3) is 0.455. The first-order chi connectivity index (χ1) is 6.29. The molecule has 1 aromatic heterocycles. The Balaban J connectivity index is 2.86. The summed E-state index contributed by atoms with van der Waals surface area (Å²) in [7, 11) is 0. The molecule has 0 aliphatic carbocycles. The Morgan fingerprint density at radius 2 is 2.08 bits per heavy atom. The Bertz CT molecular complexity index is 287. The molecule has 0 amide bonds. The summed E-state index contributed by atoms with van der Waals surface area (Å²) in [5.41, 5.74) is 1.08. The van der Waals surface area contributed by atoms with Gasteiger partial charge in [-0.3, -0.25) is 4.98 Å². The Hall–Kier alpha value is -1.36. The van der Waals surface area contributed by atoms with Gasteiger partial charge < -0.3 is 0 Å². The number of hydrogen-bond acceptors (Lipinski definition) is 2. The SMILES string of the molecule is CCC(C)C(C#N)c1ccncc1. The molecular weight excluding hydrogens is 160 g/mol. The van der Waals surface area contributed by atoms with Crippen molar-refractivity contribution in [2.24, 2.45) is 5.92 Å². The lowest BCUT2D eigenvalue weighted by atomic mass is 9.87. The molecule has 1 aromatic rings. The summed E-state index contributed by atoms with van der Waals surface area (Å²) < 4.78 is 0. The first-order valence-electron chi connectivity index (χ1n) is 4.59. The van der Waals surface area contributed by atoms with Gasteiger partial charge in [-0.15, -0.1) is 0 Å². The molecular formula is C11H14N2. The molecule has 0 aliphatic rings. The fourth-order valence-electron chi connectivity index (χ4n) is 1.34. The number of nitrogens with zero attached hydrogens (tertiary/aromatic N) is 2. The number of pyridine rings is 1. The monoisotopic (exact) mass is 174 g/mol. The van der Waals surface area contributed by atoms with Crippen molar-refractivity contribution in [2.75, 3.05) is 0 Å². The average Bonchev–Trinajstić information content (AvgIpc) is 2.20. The second-order valence-electron chi connectivity index (χ2n) is 3.27. The Morgan fingerprint density at radius 3 is 2.54 bits per heavy atom. The summed E-state index contributed by atoms with van der Waals surface area (Å²) in [5, 5.41) is 9.01. The van der Waals surface area contributed by atoms with Crippen LogP contribution in [0.2, 0.25) is 0 Å². The summed E-state index contributed by atoms with van der Waals surface area (Å²) in [5.74, 6) is 0.417. The summed E-state index contributed by atoms with van der Waals surface area (Å²) in [6, 6.07) is 6.17. The van der Waals surface area contributed by atoms with E-state index in [1.165, 1.54) is 0 Å². The minimum Gasteiger partial charge on any atom is -0.265 e. The predicted molar refractivity (Wildman–Crippen MR) is 52.0 cm³/mol. The van der Waals surface area contributed by atoms with Gasteiger partial charge in [0.1, 0.15) is 0 Å². The summed E-state index contributed by atoms with van der Waals surface area (Å²) >= 11 is 0. The zero-order valence-electron chi connectivity index (χ0n) is 8.07. The van der Waals surface area contributed by atoms with E-state index in [2.05, 4.69) is 24.9 Å². The molecule has 13 heavy (non-hydrogen) atoms. The van der Waals surface area contributed by atoms with E-state index in [9.17, 15) is 0 Å². The first kappa shape index (κ1) is 9.73. The predicted octanol–water partition coefficient (Wildman–Crippen LogP) is 2.73. The highest BCUT2D eigenvalue weighted by molar-refractivity contribution is 5.22.